The van der Waals surface area contributed by atoms with E-state index in [0.29, 0.717) is 41.9 Å². The molecule has 1 saturated heterocycles. The summed E-state index contributed by atoms with van der Waals surface area (Å²) in [5, 5.41) is 35.7. The van der Waals surface area contributed by atoms with Gasteiger partial charge in [-0.05, 0) is 50.6 Å². The highest BCUT2D eigenvalue weighted by molar-refractivity contribution is 5.78. The van der Waals surface area contributed by atoms with Crippen LogP contribution in [0.4, 0.5) is 0 Å². The first kappa shape index (κ1) is 23.3. The lowest BCUT2D eigenvalue weighted by Crippen LogP contribution is -2.10. The number of hydrogen-bond donors (Lipinski definition) is 0. The number of nitrogens with zero attached hydrogens (tertiary/aromatic N) is 9. The first-order chi connectivity index (χ1) is 18.5. The van der Waals surface area contributed by atoms with Gasteiger partial charge < -0.3 is 9.47 Å². The van der Waals surface area contributed by atoms with Crippen LogP contribution >= 0.6 is 0 Å². The maximum absolute atomic E-state index is 9.38. The molecule has 11 heteroatoms. The van der Waals surface area contributed by atoms with Crippen LogP contribution < -0.4 is 4.74 Å². The summed E-state index contributed by atoms with van der Waals surface area (Å²) >= 11 is 0. The predicted octanol–water partition coefficient (Wildman–Crippen LogP) is 4.25. The SMILES string of the molecule is Cc1ccc(Oc2ccc3c(-c4ccc([C@H]5C[C@H](C#N)CO5)c(-n5nc(C#N)cc5C)n4)cnn3c2)nn1. The van der Waals surface area contributed by atoms with Crippen molar-refractivity contribution in [1.82, 2.24) is 34.6 Å². The van der Waals surface area contributed by atoms with Crippen LogP contribution in [0.25, 0.3) is 22.6 Å². The minimum Gasteiger partial charge on any atom is -0.436 e. The molecule has 1 fully saturated rings. The first-order valence-electron chi connectivity index (χ1n) is 12.0. The van der Waals surface area contributed by atoms with Gasteiger partial charge >= 0.3 is 0 Å². The second-order valence-electron chi connectivity index (χ2n) is 9.06. The molecule has 0 saturated carbocycles. The standard InChI is InChI=1S/C27H21N9O2/c1-16-3-8-26(33-32-16)38-20-4-7-24-22(13-30-35(24)14-20)23-6-5-21(25-10-18(11-28)15-37-25)27(31-23)36-17(2)9-19(12-29)34-36/h3-9,13-14,18,25H,10,15H2,1-2H3/t18-,25-/m1/s1. The number of ether oxygens (including phenoxy) is 2. The molecule has 0 aliphatic carbocycles. The number of hydrogen-bond acceptors (Lipinski definition) is 9. The Hall–Kier alpha value is -5.13. The molecule has 0 aromatic carbocycles. The van der Waals surface area contributed by atoms with E-state index in [1.807, 2.05) is 44.2 Å². The van der Waals surface area contributed by atoms with Crippen LogP contribution in [-0.2, 0) is 4.74 Å². The van der Waals surface area contributed by atoms with Crippen molar-refractivity contribution in [3.8, 4) is 40.8 Å². The van der Waals surface area contributed by atoms with E-state index in [1.54, 1.807) is 33.7 Å². The van der Waals surface area contributed by atoms with E-state index >= 15 is 0 Å². The summed E-state index contributed by atoms with van der Waals surface area (Å²) in [7, 11) is 0. The molecule has 186 valence electrons. The molecular weight excluding hydrogens is 482 g/mol. The number of aromatic nitrogens is 7. The monoisotopic (exact) mass is 503 g/mol. The Kier molecular flexibility index (Phi) is 5.75. The molecule has 6 heterocycles. The van der Waals surface area contributed by atoms with Gasteiger partial charge in [-0.3, -0.25) is 0 Å². The van der Waals surface area contributed by atoms with E-state index in [2.05, 4.69) is 32.5 Å². The fourth-order valence-corrected chi connectivity index (χ4v) is 4.49. The Balaban J connectivity index is 1.39. The maximum atomic E-state index is 9.38. The minimum absolute atomic E-state index is 0.178. The van der Waals surface area contributed by atoms with Crippen molar-refractivity contribution in [3.05, 3.63) is 77.5 Å². The van der Waals surface area contributed by atoms with Crippen molar-refractivity contribution in [3.63, 3.8) is 0 Å². The van der Waals surface area contributed by atoms with E-state index in [-0.39, 0.29) is 12.0 Å². The molecule has 0 amide bonds. The zero-order valence-electron chi connectivity index (χ0n) is 20.6. The molecule has 0 spiro atoms. The Morgan fingerprint density at radius 2 is 1.97 bits per heavy atom. The molecule has 0 bridgehead atoms. The van der Waals surface area contributed by atoms with Crippen molar-refractivity contribution in [2.75, 3.05) is 6.61 Å². The molecule has 1 aliphatic heterocycles. The van der Waals surface area contributed by atoms with Gasteiger partial charge in [-0.15, -0.1) is 5.10 Å². The number of rotatable bonds is 5. The van der Waals surface area contributed by atoms with Gasteiger partial charge in [-0.1, -0.05) is 6.07 Å². The third-order valence-electron chi connectivity index (χ3n) is 6.40. The highest BCUT2D eigenvalue weighted by atomic mass is 16.5. The Bertz CT molecular complexity index is 1740. The van der Waals surface area contributed by atoms with E-state index in [4.69, 9.17) is 14.5 Å². The highest BCUT2D eigenvalue weighted by Gasteiger charge is 2.30. The van der Waals surface area contributed by atoms with Gasteiger partial charge in [0.15, 0.2) is 11.5 Å². The van der Waals surface area contributed by atoms with Crippen molar-refractivity contribution in [2.24, 2.45) is 5.92 Å². The zero-order valence-corrected chi connectivity index (χ0v) is 20.6. The summed E-state index contributed by atoms with van der Waals surface area (Å²) < 4.78 is 15.1. The van der Waals surface area contributed by atoms with Gasteiger partial charge in [-0.2, -0.15) is 25.8 Å². The second kappa shape index (κ2) is 9.39. The van der Waals surface area contributed by atoms with Crippen LogP contribution in [0.5, 0.6) is 11.6 Å². The van der Waals surface area contributed by atoms with Crippen molar-refractivity contribution < 1.29 is 9.47 Å². The van der Waals surface area contributed by atoms with Crippen LogP contribution in [0, 0.1) is 42.4 Å². The fraction of sp³-hybridized carbons (Fsp3) is 0.222. The summed E-state index contributed by atoms with van der Waals surface area (Å²) in [4.78, 5) is 4.96. The third-order valence-corrected chi connectivity index (χ3v) is 6.40. The molecule has 6 rings (SSSR count). The summed E-state index contributed by atoms with van der Waals surface area (Å²) in [6.45, 7) is 4.10. The van der Waals surface area contributed by atoms with Gasteiger partial charge in [0.2, 0.25) is 5.88 Å². The average molecular weight is 504 g/mol. The van der Waals surface area contributed by atoms with Gasteiger partial charge in [-0.25, -0.2) is 14.2 Å². The average Bonchev–Trinajstić information content (AvgIpc) is 3.67. The van der Waals surface area contributed by atoms with Gasteiger partial charge in [0.1, 0.15) is 11.8 Å². The van der Waals surface area contributed by atoms with E-state index in [1.165, 1.54) is 0 Å². The minimum atomic E-state index is -0.293. The number of pyridine rings is 2. The quantitative estimate of drug-likeness (QED) is 0.344. The van der Waals surface area contributed by atoms with Gasteiger partial charge in [0, 0.05) is 22.9 Å². The summed E-state index contributed by atoms with van der Waals surface area (Å²) in [5.74, 6) is 1.34. The maximum Gasteiger partial charge on any atom is 0.238 e. The van der Waals surface area contributed by atoms with E-state index in [0.717, 1.165) is 28.0 Å². The molecule has 0 N–H and O–H groups in total. The molecule has 11 nitrogen and oxygen atoms in total. The molecule has 2 atom stereocenters. The Morgan fingerprint density at radius 1 is 1.08 bits per heavy atom. The molecule has 1 aliphatic rings. The Labute approximate surface area is 217 Å². The number of nitriles is 2. The highest BCUT2D eigenvalue weighted by Crippen LogP contribution is 2.36. The predicted molar refractivity (Wildman–Crippen MR) is 134 cm³/mol. The van der Waals surface area contributed by atoms with Gasteiger partial charge in [0.25, 0.3) is 0 Å². The fourth-order valence-electron chi connectivity index (χ4n) is 4.49. The lowest BCUT2D eigenvalue weighted by Gasteiger charge is -2.16. The smallest absolute Gasteiger partial charge is 0.238 e. The van der Waals surface area contributed by atoms with Gasteiger partial charge in [0.05, 0.1) is 54.0 Å². The molecule has 5 aromatic rings. The lowest BCUT2D eigenvalue weighted by molar-refractivity contribution is 0.109. The van der Waals surface area contributed by atoms with Crippen molar-refractivity contribution >= 4 is 5.52 Å². The molecular formula is C27H21N9O2. The second-order valence-corrected chi connectivity index (χ2v) is 9.06. The molecule has 38 heavy (non-hydrogen) atoms. The van der Waals surface area contributed by atoms with Crippen LogP contribution in [0.1, 0.15) is 35.2 Å². The van der Waals surface area contributed by atoms with Crippen molar-refractivity contribution in [2.45, 2.75) is 26.4 Å². The molecule has 0 radical (unpaired) electrons. The Morgan fingerprint density at radius 3 is 2.71 bits per heavy atom. The van der Waals surface area contributed by atoms with Crippen LogP contribution in [0.15, 0.2) is 54.9 Å². The first-order valence-corrected chi connectivity index (χ1v) is 12.0. The zero-order chi connectivity index (χ0) is 26.2. The van der Waals surface area contributed by atoms with Crippen molar-refractivity contribution in [1.29, 1.82) is 10.5 Å². The normalized spacial score (nSPS) is 16.8. The van der Waals surface area contributed by atoms with Crippen LogP contribution in [-0.4, -0.2) is 41.2 Å². The van der Waals surface area contributed by atoms with Crippen LogP contribution in [0.3, 0.4) is 0 Å². The molecule has 5 aromatic heterocycles. The lowest BCUT2D eigenvalue weighted by atomic mass is 10.0. The van der Waals surface area contributed by atoms with E-state index < -0.39 is 0 Å². The molecule has 0 unspecified atom stereocenters. The van der Waals surface area contributed by atoms with Crippen LogP contribution in [0.2, 0.25) is 0 Å². The summed E-state index contributed by atoms with van der Waals surface area (Å²) in [6, 6.07) is 17.3. The topological polar surface area (TPSA) is 140 Å². The number of aryl methyl sites for hydroxylation is 2. The third kappa shape index (κ3) is 4.21. The number of fused-ring (bicyclic) bond motifs is 1. The summed E-state index contributed by atoms with van der Waals surface area (Å²) in [5.41, 5.74) is 5.00. The summed E-state index contributed by atoms with van der Waals surface area (Å²) in [6.07, 6.45) is 3.78. The van der Waals surface area contributed by atoms with E-state index in [9.17, 15) is 10.5 Å². The largest absolute Gasteiger partial charge is 0.436 e.